The van der Waals surface area contributed by atoms with Gasteiger partial charge in [-0.25, -0.2) is 9.18 Å². The Kier molecular flexibility index (Phi) is 7.44. The van der Waals surface area contributed by atoms with Crippen LogP contribution in [-0.2, 0) is 28.8 Å². The molecule has 7 nitrogen and oxygen atoms in total. The summed E-state index contributed by atoms with van der Waals surface area (Å²) in [5.41, 5.74) is -3.22. The third-order valence-corrected chi connectivity index (χ3v) is 7.31. The van der Waals surface area contributed by atoms with Crippen molar-refractivity contribution in [3.05, 3.63) is 79.2 Å². The van der Waals surface area contributed by atoms with Crippen molar-refractivity contribution in [3.8, 4) is 6.07 Å². The van der Waals surface area contributed by atoms with Crippen LogP contribution in [0.1, 0.15) is 47.9 Å². The van der Waals surface area contributed by atoms with Crippen molar-refractivity contribution in [1.29, 1.82) is 5.26 Å². The summed E-state index contributed by atoms with van der Waals surface area (Å²) in [6, 6.07) is 7.16. The number of fused-ring (bicyclic) bond motifs is 1. The summed E-state index contributed by atoms with van der Waals surface area (Å²) in [5.74, 6) is -1.36. The predicted octanol–water partition coefficient (Wildman–Crippen LogP) is 4.53. The zero-order valence-electron chi connectivity index (χ0n) is 20.8. The van der Waals surface area contributed by atoms with Crippen molar-refractivity contribution < 1.29 is 27.1 Å². The van der Waals surface area contributed by atoms with Crippen LogP contribution in [0.4, 0.5) is 17.6 Å². The lowest BCUT2D eigenvalue weighted by Crippen LogP contribution is -2.42. The van der Waals surface area contributed by atoms with Crippen LogP contribution in [0.25, 0.3) is 10.9 Å². The number of esters is 1. The molecule has 38 heavy (non-hydrogen) atoms. The average Bonchev–Trinajstić information content (AvgIpc) is 2.89. The van der Waals surface area contributed by atoms with E-state index in [-0.39, 0.29) is 46.4 Å². The minimum atomic E-state index is -4.78. The lowest BCUT2D eigenvalue weighted by atomic mass is 9.82. The number of hydrogen-bond acceptors (Lipinski definition) is 5. The fraction of sp³-hybridized carbons (Fsp3) is 0.407. The zero-order valence-corrected chi connectivity index (χ0v) is 20.8. The number of benzene rings is 2. The van der Waals surface area contributed by atoms with E-state index in [1.54, 1.807) is 6.07 Å². The highest BCUT2D eigenvalue weighted by Crippen LogP contribution is 2.34. The van der Waals surface area contributed by atoms with E-state index in [0.29, 0.717) is 25.7 Å². The minimum absolute atomic E-state index is 0.00511. The number of carbonyl (C=O) groups excluding carboxylic acids is 1. The number of nitriles is 1. The van der Waals surface area contributed by atoms with Crippen molar-refractivity contribution in [3.63, 3.8) is 0 Å². The molecule has 0 unspecified atom stereocenters. The first kappa shape index (κ1) is 27.1. The fourth-order valence-corrected chi connectivity index (χ4v) is 5.23. The summed E-state index contributed by atoms with van der Waals surface area (Å²) in [7, 11) is 1.31. The third kappa shape index (κ3) is 4.95. The van der Waals surface area contributed by atoms with Gasteiger partial charge in [-0.15, -0.1) is 0 Å². The molecule has 0 spiro atoms. The second-order valence-corrected chi connectivity index (χ2v) is 9.54. The van der Waals surface area contributed by atoms with E-state index in [9.17, 15) is 37.2 Å². The Bertz CT molecular complexity index is 1560. The molecule has 0 radical (unpaired) electrons. The molecule has 1 saturated carbocycles. The average molecular weight is 532 g/mol. The molecular formula is C27H25F4N3O4. The summed E-state index contributed by atoms with van der Waals surface area (Å²) in [4.78, 5) is 38.9. The quantitative estimate of drug-likeness (QED) is 0.356. The van der Waals surface area contributed by atoms with E-state index in [2.05, 4.69) is 0 Å². The number of halogens is 4. The van der Waals surface area contributed by atoms with Crippen molar-refractivity contribution in [1.82, 2.24) is 9.13 Å². The number of carbonyl (C=O) groups is 1. The summed E-state index contributed by atoms with van der Waals surface area (Å²) < 4.78 is 62.0. The van der Waals surface area contributed by atoms with Gasteiger partial charge in [-0.2, -0.15) is 18.4 Å². The Morgan fingerprint density at radius 3 is 2.39 bits per heavy atom. The van der Waals surface area contributed by atoms with Gasteiger partial charge in [0.1, 0.15) is 11.9 Å². The Hall–Kier alpha value is -3.94. The number of rotatable bonds is 5. The first-order valence-corrected chi connectivity index (χ1v) is 12.1. The molecule has 1 aliphatic carbocycles. The fourth-order valence-electron chi connectivity index (χ4n) is 5.23. The van der Waals surface area contributed by atoms with Gasteiger partial charge in [0.2, 0.25) is 0 Å². The highest BCUT2D eigenvalue weighted by molar-refractivity contribution is 5.82. The largest absolute Gasteiger partial charge is 0.469 e. The summed E-state index contributed by atoms with van der Waals surface area (Å²) in [6.07, 6.45) is -2.62. The molecule has 3 aromatic rings. The van der Waals surface area contributed by atoms with Crippen LogP contribution in [-0.4, -0.2) is 22.2 Å². The predicted molar refractivity (Wildman–Crippen MR) is 130 cm³/mol. The lowest BCUT2D eigenvalue weighted by Gasteiger charge is -2.27. The van der Waals surface area contributed by atoms with Crippen LogP contribution in [0.3, 0.4) is 0 Å². The van der Waals surface area contributed by atoms with E-state index in [0.717, 1.165) is 27.3 Å². The molecule has 2 aromatic carbocycles. The Morgan fingerprint density at radius 2 is 1.79 bits per heavy atom. The smallest absolute Gasteiger partial charge is 0.417 e. The van der Waals surface area contributed by atoms with E-state index < -0.39 is 40.9 Å². The molecule has 1 aliphatic rings. The molecule has 0 atom stereocenters. The maximum Gasteiger partial charge on any atom is 0.417 e. The van der Waals surface area contributed by atoms with Crippen LogP contribution >= 0.6 is 0 Å². The van der Waals surface area contributed by atoms with Gasteiger partial charge in [0.25, 0.3) is 5.56 Å². The molecule has 1 aromatic heterocycles. The van der Waals surface area contributed by atoms with E-state index in [4.69, 9.17) is 4.74 Å². The van der Waals surface area contributed by atoms with Crippen molar-refractivity contribution in [2.24, 2.45) is 11.8 Å². The van der Waals surface area contributed by atoms with Gasteiger partial charge in [0.15, 0.2) is 0 Å². The van der Waals surface area contributed by atoms with Crippen LogP contribution in [0.2, 0.25) is 0 Å². The number of nitrogens with zero attached hydrogens (tertiary/aromatic N) is 3. The molecule has 1 fully saturated rings. The molecule has 1 heterocycles. The van der Waals surface area contributed by atoms with Crippen LogP contribution in [0.15, 0.2) is 39.9 Å². The zero-order chi connectivity index (χ0) is 27.8. The summed E-state index contributed by atoms with van der Waals surface area (Å²) in [6.45, 7) is 0.971. The van der Waals surface area contributed by atoms with Crippen LogP contribution in [0, 0.1) is 35.9 Å². The topological polar surface area (TPSA) is 94.1 Å². The third-order valence-electron chi connectivity index (χ3n) is 7.31. The summed E-state index contributed by atoms with van der Waals surface area (Å²) >= 11 is 0. The maximum absolute atomic E-state index is 14.5. The number of aromatic nitrogens is 2. The van der Waals surface area contributed by atoms with E-state index in [1.807, 2.05) is 0 Å². The molecule has 4 rings (SSSR count). The molecule has 200 valence electrons. The second kappa shape index (κ2) is 10.4. The minimum Gasteiger partial charge on any atom is -0.469 e. The Morgan fingerprint density at radius 1 is 1.11 bits per heavy atom. The maximum atomic E-state index is 14.5. The number of ether oxygens (including phenoxy) is 1. The molecular weight excluding hydrogens is 506 g/mol. The monoisotopic (exact) mass is 531 g/mol. The molecule has 11 heteroatoms. The molecule has 0 bridgehead atoms. The van der Waals surface area contributed by atoms with Gasteiger partial charge >= 0.3 is 17.8 Å². The van der Waals surface area contributed by atoms with E-state index in [1.165, 1.54) is 26.2 Å². The van der Waals surface area contributed by atoms with Gasteiger partial charge in [-0.1, -0.05) is 12.1 Å². The van der Waals surface area contributed by atoms with Gasteiger partial charge in [-0.3, -0.25) is 18.7 Å². The van der Waals surface area contributed by atoms with Gasteiger partial charge < -0.3 is 4.74 Å². The van der Waals surface area contributed by atoms with Gasteiger partial charge in [0, 0.05) is 6.54 Å². The lowest BCUT2D eigenvalue weighted by molar-refractivity contribution is -0.146. The number of methoxy groups -OCH3 is 1. The van der Waals surface area contributed by atoms with Crippen molar-refractivity contribution >= 4 is 16.9 Å². The molecule has 0 aliphatic heterocycles. The van der Waals surface area contributed by atoms with Crippen molar-refractivity contribution in [2.75, 3.05) is 7.11 Å². The highest BCUT2D eigenvalue weighted by atomic mass is 19.4. The molecule has 0 N–H and O–H groups in total. The molecule has 0 saturated heterocycles. The number of aryl methyl sites for hydroxylation is 1. The van der Waals surface area contributed by atoms with Crippen molar-refractivity contribution in [2.45, 2.75) is 51.9 Å². The summed E-state index contributed by atoms with van der Waals surface area (Å²) in [5, 5.41) is 9.46. The Labute approximate surface area is 214 Å². The highest BCUT2D eigenvalue weighted by Gasteiger charge is 2.34. The Balaban J connectivity index is 1.83. The number of hydrogen-bond donors (Lipinski definition) is 0. The normalized spacial score (nSPS) is 17.8. The van der Waals surface area contributed by atoms with E-state index >= 15 is 0 Å². The van der Waals surface area contributed by atoms with Crippen LogP contribution in [0.5, 0.6) is 0 Å². The first-order valence-electron chi connectivity index (χ1n) is 12.1. The van der Waals surface area contributed by atoms with Crippen LogP contribution < -0.4 is 11.2 Å². The number of alkyl halides is 3. The SMILES string of the molecule is COC(=O)C1CCC(Cn2c(=O)c3c(C)c(F)ccc3n(Cc3cccc(C(F)(F)F)c3C#N)c2=O)CC1. The first-order chi connectivity index (χ1) is 18.0. The molecule has 0 amide bonds. The standard InChI is InChI=1S/C27H25F4N3O4/c1-15-21(28)10-11-22-23(15)24(35)34(13-16-6-8-17(9-7-16)25(36)38-2)26(37)33(22)14-18-4-3-5-20(19(18)12-32)27(29,30)31/h3-5,10-11,16-17H,6-9,13-14H2,1-2H3. The second-order valence-electron chi connectivity index (χ2n) is 9.54. The van der Waals surface area contributed by atoms with Gasteiger partial charge in [0.05, 0.1) is 41.6 Å². The van der Waals surface area contributed by atoms with Gasteiger partial charge in [-0.05, 0) is 67.9 Å².